The zero-order valence-electron chi connectivity index (χ0n) is 14.7. The van der Waals surface area contributed by atoms with Gasteiger partial charge in [0.15, 0.2) is 0 Å². The minimum atomic E-state index is -0.432. The Hall–Kier alpha value is -2.37. The number of carbonyl (C=O) groups excluding carboxylic acids is 2. The van der Waals surface area contributed by atoms with Crippen molar-refractivity contribution in [2.45, 2.75) is 39.2 Å². The largest absolute Gasteiger partial charge is 0.453 e. The molecule has 0 aromatic carbocycles. The number of amidine groups is 1. The molecule has 0 saturated heterocycles. The number of methoxy groups -OCH3 is 1. The fourth-order valence-electron chi connectivity index (χ4n) is 2.36. The predicted molar refractivity (Wildman–Crippen MR) is 96.0 cm³/mol. The molecule has 0 radical (unpaired) electrons. The number of nitrogens with zero attached hydrogens (tertiary/aromatic N) is 2. The monoisotopic (exact) mass is 333 g/mol. The molecule has 0 spiro atoms. The molecule has 1 aliphatic heterocycles. The van der Waals surface area contributed by atoms with Crippen molar-refractivity contribution in [3.05, 3.63) is 36.5 Å². The first-order chi connectivity index (χ1) is 11.6. The molecule has 1 unspecified atom stereocenters. The average molecular weight is 333 g/mol. The van der Waals surface area contributed by atoms with E-state index in [4.69, 9.17) is 4.74 Å². The lowest BCUT2D eigenvalue weighted by Crippen LogP contribution is -2.42. The van der Waals surface area contributed by atoms with Gasteiger partial charge in [-0.25, -0.2) is 4.79 Å². The van der Waals surface area contributed by atoms with Crippen LogP contribution in [0, 0.1) is 0 Å². The van der Waals surface area contributed by atoms with Crippen molar-refractivity contribution < 1.29 is 14.3 Å². The normalized spacial score (nSPS) is 22.0. The molecule has 1 aliphatic rings. The second kappa shape index (κ2) is 10.4. The Bertz CT molecular complexity index is 550. The molecule has 6 nitrogen and oxygen atoms in total. The molecule has 132 valence electrons. The van der Waals surface area contributed by atoms with E-state index in [2.05, 4.69) is 16.9 Å². The smallest absolute Gasteiger partial charge is 0.409 e. The molecule has 1 N–H and O–H groups in total. The van der Waals surface area contributed by atoms with Gasteiger partial charge in [0.2, 0.25) is 5.91 Å². The standard InChI is InChI=1S/C18H27N3O3/c1-5-8-9-10-14(6-2)17-19-13-15(7-3)21(18(23)24-4)12-11-16(22)20-17/h6,8-10,15H,2,5,7,11-13H2,1,3-4H3,(H,19,20,22)/b9-8+,14-10+. The average Bonchev–Trinajstić information content (AvgIpc) is 2.67. The van der Waals surface area contributed by atoms with E-state index in [1.165, 1.54) is 7.11 Å². The minimum absolute atomic E-state index is 0.114. The second-order valence-corrected chi connectivity index (χ2v) is 5.38. The number of amides is 2. The summed E-state index contributed by atoms with van der Waals surface area (Å²) in [6.07, 6.45) is 8.86. The Morgan fingerprint density at radius 3 is 2.83 bits per heavy atom. The van der Waals surface area contributed by atoms with Crippen LogP contribution in [-0.4, -0.2) is 49.0 Å². The molecule has 0 fully saturated rings. The van der Waals surface area contributed by atoms with E-state index in [9.17, 15) is 9.59 Å². The van der Waals surface area contributed by atoms with Crippen LogP contribution in [-0.2, 0) is 9.53 Å². The van der Waals surface area contributed by atoms with Gasteiger partial charge >= 0.3 is 6.09 Å². The number of nitrogens with one attached hydrogen (secondary N) is 1. The number of ether oxygens (including phenoxy) is 1. The summed E-state index contributed by atoms with van der Waals surface area (Å²) >= 11 is 0. The first-order valence-corrected chi connectivity index (χ1v) is 8.25. The fourth-order valence-corrected chi connectivity index (χ4v) is 2.36. The zero-order valence-corrected chi connectivity index (χ0v) is 14.7. The van der Waals surface area contributed by atoms with Gasteiger partial charge in [-0.2, -0.15) is 0 Å². The third kappa shape index (κ3) is 5.68. The number of rotatable bonds is 5. The van der Waals surface area contributed by atoms with Crippen LogP contribution in [0.15, 0.2) is 41.4 Å². The number of allylic oxidation sites excluding steroid dienone is 3. The molecule has 1 heterocycles. The van der Waals surface area contributed by atoms with Crippen LogP contribution in [0.3, 0.4) is 0 Å². The number of carbonyl (C=O) groups is 2. The van der Waals surface area contributed by atoms with Gasteiger partial charge in [-0.3, -0.25) is 9.79 Å². The number of hydrogen-bond acceptors (Lipinski definition) is 4. The lowest BCUT2D eigenvalue weighted by molar-refractivity contribution is -0.119. The van der Waals surface area contributed by atoms with Crippen LogP contribution in [0.5, 0.6) is 0 Å². The lowest BCUT2D eigenvalue weighted by atomic mass is 10.2. The first kappa shape index (κ1) is 19.7. The van der Waals surface area contributed by atoms with Crippen LogP contribution >= 0.6 is 0 Å². The molecular weight excluding hydrogens is 306 g/mol. The maximum Gasteiger partial charge on any atom is 0.409 e. The highest BCUT2D eigenvalue weighted by Gasteiger charge is 2.25. The molecular formula is C18H27N3O3. The molecule has 1 atom stereocenters. The highest BCUT2D eigenvalue weighted by molar-refractivity contribution is 6.09. The van der Waals surface area contributed by atoms with E-state index in [-0.39, 0.29) is 18.4 Å². The molecule has 1 rings (SSSR count). The SMILES string of the molecule is C=CC(=C\C=C\CC)/C1=N/CC(CC)N(C(=O)OC)CCC(=O)N1. The summed E-state index contributed by atoms with van der Waals surface area (Å²) in [4.78, 5) is 30.2. The van der Waals surface area contributed by atoms with Gasteiger partial charge in [0, 0.05) is 18.5 Å². The van der Waals surface area contributed by atoms with E-state index in [1.807, 2.05) is 32.1 Å². The van der Waals surface area contributed by atoms with Crippen LogP contribution in [0.4, 0.5) is 4.79 Å². The summed E-state index contributed by atoms with van der Waals surface area (Å²) < 4.78 is 4.83. The fraction of sp³-hybridized carbons (Fsp3) is 0.500. The van der Waals surface area contributed by atoms with E-state index < -0.39 is 6.09 Å². The van der Waals surface area contributed by atoms with E-state index in [0.717, 1.165) is 18.4 Å². The van der Waals surface area contributed by atoms with Crippen LogP contribution in [0.1, 0.15) is 33.1 Å². The molecule has 0 aromatic heterocycles. The summed E-state index contributed by atoms with van der Waals surface area (Å²) in [5.41, 5.74) is 0.745. The Morgan fingerprint density at radius 2 is 2.25 bits per heavy atom. The lowest BCUT2D eigenvalue weighted by Gasteiger charge is -2.28. The minimum Gasteiger partial charge on any atom is -0.453 e. The Morgan fingerprint density at radius 1 is 1.50 bits per heavy atom. The quantitative estimate of drug-likeness (QED) is 0.787. The third-order valence-electron chi connectivity index (χ3n) is 3.76. The first-order valence-electron chi connectivity index (χ1n) is 8.25. The topological polar surface area (TPSA) is 71.0 Å². The van der Waals surface area contributed by atoms with Crippen LogP contribution < -0.4 is 5.32 Å². The van der Waals surface area contributed by atoms with Crippen molar-refractivity contribution in [2.75, 3.05) is 20.2 Å². The van der Waals surface area contributed by atoms with E-state index in [0.29, 0.717) is 18.9 Å². The predicted octanol–water partition coefficient (Wildman–Crippen LogP) is 2.83. The Kier molecular flexibility index (Phi) is 8.54. The number of hydrogen-bond donors (Lipinski definition) is 1. The van der Waals surface area contributed by atoms with Crippen molar-refractivity contribution in [3.8, 4) is 0 Å². The maximum atomic E-state index is 12.2. The van der Waals surface area contributed by atoms with Gasteiger partial charge in [0.1, 0.15) is 5.84 Å². The van der Waals surface area contributed by atoms with Gasteiger partial charge < -0.3 is 15.0 Å². The highest BCUT2D eigenvalue weighted by atomic mass is 16.5. The van der Waals surface area contributed by atoms with Crippen LogP contribution in [0.25, 0.3) is 0 Å². The molecule has 6 heteroatoms. The molecule has 0 aromatic rings. The van der Waals surface area contributed by atoms with Gasteiger partial charge in [-0.15, -0.1) is 0 Å². The van der Waals surface area contributed by atoms with Gasteiger partial charge in [0.05, 0.1) is 19.7 Å². The van der Waals surface area contributed by atoms with Crippen LogP contribution in [0.2, 0.25) is 0 Å². The van der Waals surface area contributed by atoms with Gasteiger partial charge in [-0.05, 0) is 12.8 Å². The summed E-state index contributed by atoms with van der Waals surface area (Å²) in [5.74, 6) is 0.299. The van der Waals surface area contributed by atoms with Crippen molar-refractivity contribution in [2.24, 2.45) is 4.99 Å². The zero-order chi connectivity index (χ0) is 17.9. The van der Waals surface area contributed by atoms with Crippen molar-refractivity contribution >= 4 is 17.8 Å². The van der Waals surface area contributed by atoms with E-state index >= 15 is 0 Å². The summed E-state index contributed by atoms with van der Waals surface area (Å²) in [7, 11) is 1.34. The maximum absolute atomic E-state index is 12.2. The summed E-state index contributed by atoms with van der Waals surface area (Å²) in [6.45, 7) is 8.52. The molecule has 0 aliphatic carbocycles. The highest BCUT2D eigenvalue weighted by Crippen LogP contribution is 2.11. The van der Waals surface area contributed by atoms with E-state index in [1.54, 1.807) is 11.0 Å². The van der Waals surface area contributed by atoms with Crippen molar-refractivity contribution in [1.29, 1.82) is 0 Å². The molecule has 0 bridgehead atoms. The Labute approximate surface area is 144 Å². The Balaban J connectivity index is 3.11. The van der Waals surface area contributed by atoms with Gasteiger partial charge in [-0.1, -0.05) is 44.7 Å². The van der Waals surface area contributed by atoms with Gasteiger partial charge in [0.25, 0.3) is 0 Å². The third-order valence-corrected chi connectivity index (χ3v) is 3.76. The van der Waals surface area contributed by atoms with Crippen molar-refractivity contribution in [3.63, 3.8) is 0 Å². The van der Waals surface area contributed by atoms with Crippen molar-refractivity contribution in [1.82, 2.24) is 10.2 Å². The summed E-state index contributed by atoms with van der Waals surface area (Å²) in [6, 6.07) is -0.114. The summed E-state index contributed by atoms with van der Waals surface area (Å²) in [5, 5.41) is 2.82. The second-order valence-electron chi connectivity index (χ2n) is 5.38. The number of aliphatic imine (C=N–C) groups is 1. The molecule has 2 amide bonds. The molecule has 0 saturated carbocycles. The molecule has 24 heavy (non-hydrogen) atoms.